The third-order valence-electron chi connectivity index (χ3n) is 5.22. The number of nitrogens with zero attached hydrogens (tertiary/aromatic N) is 2. The minimum Gasteiger partial charge on any atom is -0.392 e. The molecule has 21 heavy (non-hydrogen) atoms. The number of benzene rings is 1. The molecule has 2 heterocycles. The minimum absolute atomic E-state index is 0.0660. The van der Waals surface area contributed by atoms with Crippen LogP contribution in [0.25, 0.3) is 10.9 Å². The predicted octanol–water partition coefficient (Wildman–Crippen LogP) is 3.74. The second kappa shape index (κ2) is 5.64. The van der Waals surface area contributed by atoms with Crippen molar-refractivity contribution in [3.05, 3.63) is 35.9 Å². The second-order valence-electron chi connectivity index (χ2n) is 6.19. The highest BCUT2D eigenvalue weighted by Gasteiger charge is 2.35. The maximum absolute atomic E-state index is 9.65. The molecule has 1 aliphatic heterocycles. The maximum Gasteiger partial charge on any atom is 0.129 e. The maximum atomic E-state index is 9.65. The Morgan fingerprint density at radius 3 is 2.67 bits per heavy atom. The van der Waals surface area contributed by atoms with Gasteiger partial charge < -0.3 is 10.0 Å². The lowest BCUT2D eigenvalue weighted by atomic mass is 9.82. The molecule has 1 N–H and O–H groups in total. The van der Waals surface area contributed by atoms with Crippen LogP contribution in [-0.2, 0) is 6.61 Å². The standard InChI is InChI=1S/C18H24N2O/c1-3-18(4-2)9-10-20(13-18)17-11-14(12-21)15-7-5-6-8-16(15)19-17/h5-8,11,21H,3-4,9-10,12-13H2,1-2H3. The molecule has 0 unspecified atom stereocenters. The van der Waals surface area contributed by atoms with Gasteiger partial charge in [0.2, 0.25) is 0 Å². The van der Waals surface area contributed by atoms with Gasteiger partial charge in [-0.1, -0.05) is 32.0 Å². The lowest BCUT2D eigenvalue weighted by Crippen LogP contribution is -2.26. The molecule has 112 valence electrons. The highest BCUT2D eigenvalue weighted by Crippen LogP contribution is 2.39. The number of fused-ring (bicyclic) bond motifs is 1. The summed E-state index contributed by atoms with van der Waals surface area (Å²) >= 11 is 0. The van der Waals surface area contributed by atoms with E-state index < -0.39 is 0 Å². The zero-order valence-electron chi connectivity index (χ0n) is 13.0. The largest absolute Gasteiger partial charge is 0.392 e. The third-order valence-corrected chi connectivity index (χ3v) is 5.22. The zero-order valence-corrected chi connectivity index (χ0v) is 13.0. The van der Waals surface area contributed by atoms with Crippen LogP contribution in [-0.4, -0.2) is 23.2 Å². The number of pyridine rings is 1. The van der Waals surface area contributed by atoms with Crippen molar-refractivity contribution in [2.24, 2.45) is 5.41 Å². The van der Waals surface area contributed by atoms with E-state index in [-0.39, 0.29) is 6.61 Å². The Kier molecular flexibility index (Phi) is 3.85. The van der Waals surface area contributed by atoms with E-state index in [1.165, 1.54) is 19.3 Å². The molecule has 0 saturated carbocycles. The molecule has 0 bridgehead atoms. The van der Waals surface area contributed by atoms with Crippen molar-refractivity contribution >= 4 is 16.7 Å². The zero-order chi connectivity index (χ0) is 14.9. The highest BCUT2D eigenvalue weighted by atomic mass is 16.3. The first-order valence-corrected chi connectivity index (χ1v) is 7.96. The van der Waals surface area contributed by atoms with Gasteiger partial charge in [-0.3, -0.25) is 0 Å². The number of anilines is 1. The number of hydrogen-bond donors (Lipinski definition) is 1. The first-order chi connectivity index (χ1) is 10.2. The van der Waals surface area contributed by atoms with Crippen molar-refractivity contribution in [1.82, 2.24) is 4.98 Å². The van der Waals surface area contributed by atoms with E-state index in [0.29, 0.717) is 5.41 Å². The van der Waals surface area contributed by atoms with Crippen LogP contribution in [0.1, 0.15) is 38.7 Å². The fraction of sp³-hybridized carbons (Fsp3) is 0.500. The quantitative estimate of drug-likeness (QED) is 0.929. The lowest BCUT2D eigenvalue weighted by molar-refractivity contribution is 0.283. The first-order valence-electron chi connectivity index (χ1n) is 7.96. The van der Waals surface area contributed by atoms with Crippen molar-refractivity contribution in [1.29, 1.82) is 0 Å². The van der Waals surface area contributed by atoms with Crippen LogP contribution >= 0.6 is 0 Å². The van der Waals surface area contributed by atoms with Gasteiger partial charge in [0, 0.05) is 18.5 Å². The molecule has 2 aromatic rings. The van der Waals surface area contributed by atoms with E-state index in [0.717, 1.165) is 35.4 Å². The summed E-state index contributed by atoms with van der Waals surface area (Å²) in [6.07, 6.45) is 3.68. The SMILES string of the molecule is CCC1(CC)CCN(c2cc(CO)c3ccccc3n2)C1. The molecule has 3 heteroatoms. The fourth-order valence-electron chi connectivity index (χ4n) is 3.48. The molecular formula is C18H24N2O. The Bertz CT molecular complexity index is 634. The van der Waals surface area contributed by atoms with Crippen LogP contribution < -0.4 is 4.90 Å². The summed E-state index contributed by atoms with van der Waals surface area (Å²) in [5.74, 6) is 1.02. The Morgan fingerprint density at radius 2 is 2.00 bits per heavy atom. The van der Waals surface area contributed by atoms with E-state index in [1.807, 2.05) is 24.3 Å². The molecule has 0 aliphatic carbocycles. The number of hydrogen-bond acceptors (Lipinski definition) is 3. The molecule has 1 saturated heterocycles. The number of aliphatic hydroxyl groups excluding tert-OH is 1. The van der Waals surface area contributed by atoms with Crippen molar-refractivity contribution in [3.63, 3.8) is 0 Å². The van der Waals surface area contributed by atoms with Crippen LogP contribution in [0.4, 0.5) is 5.82 Å². The van der Waals surface area contributed by atoms with Gasteiger partial charge in [-0.2, -0.15) is 0 Å². The summed E-state index contributed by atoms with van der Waals surface area (Å²) in [6, 6.07) is 10.1. The van der Waals surface area contributed by atoms with Crippen LogP contribution in [0.3, 0.4) is 0 Å². The van der Waals surface area contributed by atoms with Gasteiger partial charge in [-0.15, -0.1) is 0 Å². The van der Waals surface area contributed by atoms with Crippen LogP contribution in [0.2, 0.25) is 0 Å². The number of rotatable bonds is 4. The summed E-state index contributed by atoms with van der Waals surface area (Å²) in [4.78, 5) is 7.20. The smallest absolute Gasteiger partial charge is 0.129 e. The van der Waals surface area contributed by atoms with Crippen molar-refractivity contribution in [3.8, 4) is 0 Å². The summed E-state index contributed by atoms with van der Waals surface area (Å²) in [7, 11) is 0. The van der Waals surface area contributed by atoms with E-state index >= 15 is 0 Å². The number of aliphatic hydroxyl groups is 1. The van der Waals surface area contributed by atoms with E-state index in [9.17, 15) is 5.11 Å². The van der Waals surface area contributed by atoms with E-state index in [2.05, 4.69) is 24.8 Å². The summed E-state index contributed by atoms with van der Waals surface area (Å²) in [5.41, 5.74) is 2.39. The Morgan fingerprint density at radius 1 is 1.24 bits per heavy atom. The van der Waals surface area contributed by atoms with E-state index in [4.69, 9.17) is 4.98 Å². The molecule has 0 amide bonds. The topological polar surface area (TPSA) is 36.4 Å². The highest BCUT2D eigenvalue weighted by molar-refractivity contribution is 5.84. The third kappa shape index (κ3) is 2.51. The van der Waals surface area contributed by atoms with Crippen LogP contribution in [0.15, 0.2) is 30.3 Å². The number of para-hydroxylation sites is 1. The van der Waals surface area contributed by atoms with Crippen molar-refractivity contribution < 1.29 is 5.11 Å². The Hall–Kier alpha value is -1.61. The summed E-state index contributed by atoms with van der Waals surface area (Å²) < 4.78 is 0. The van der Waals surface area contributed by atoms with Gasteiger partial charge in [-0.05, 0) is 42.4 Å². The fourth-order valence-corrected chi connectivity index (χ4v) is 3.48. The summed E-state index contributed by atoms with van der Waals surface area (Å²) in [6.45, 7) is 6.80. The average Bonchev–Trinajstić information content (AvgIpc) is 2.99. The van der Waals surface area contributed by atoms with E-state index in [1.54, 1.807) is 0 Å². The van der Waals surface area contributed by atoms with Gasteiger partial charge in [0.05, 0.1) is 12.1 Å². The molecule has 3 rings (SSSR count). The Labute approximate surface area is 126 Å². The minimum atomic E-state index is 0.0660. The Balaban J connectivity index is 1.98. The van der Waals surface area contributed by atoms with Gasteiger partial charge in [0.25, 0.3) is 0 Å². The normalized spacial score (nSPS) is 17.6. The molecule has 1 aromatic heterocycles. The lowest BCUT2D eigenvalue weighted by Gasteiger charge is -2.27. The monoisotopic (exact) mass is 284 g/mol. The van der Waals surface area contributed by atoms with Gasteiger partial charge in [-0.25, -0.2) is 4.98 Å². The molecular weight excluding hydrogens is 260 g/mol. The molecule has 1 aliphatic rings. The van der Waals surface area contributed by atoms with Crippen LogP contribution in [0.5, 0.6) is 0 Å². The summed E-state index contributed by atoms with van der Waals surface area (Å²) in [5, 5.41) is 10.7. The second-order valence-corrected chi connectivity index (χ2v) is 6.19. The molecule has 3 nitrogen and oxygen atoms in total. The van der Waals surface area contributed by atoms with Crippen molar-refractivity contribution in [2.75, 3.05) is 18.0 Å². The predicted molar refractivity (Wildman–Crippen MR) is 87.5 cm³/mol. The van der Waals surface area contributed by atoms with Gasteiger partial charge >= 0.3 is 0 Å². The van der Waals surface area contributed by atoms with Gasteiger partial charge in [0.15, 0.2) is 0 Å². The molecule has 0 radical (unpaired) electrons. The number of aromatic nitrogens is 1. The van der Waals surface area contributed by atoms with Crippen molar-refractivity contribution in [2.45, 2.75) is 39.7 Å². The van der Waals surface area contributed by atoms with Crippen LogP contribution in [0, 0.1) is 5.41 Å². The average molecular weight is 284 g/mol. The molecule has 0 atom stereocenters. The molecule has 1 aromatic carbocycles. The first kappa shape index (κ1) is 14.3. The molecule has 1 fully saturated rings. The molecule has 0 spiro atoms. The van der Waals surface area contributed by atoms with Gasteiger partial charge in [0.1, 0.15) is 5.82 Å².